The summed E-state index contributed by atoms with van der Waals surface area (Å²) in [7, 11) is 4.01. The first-order chi connectivity index (χ1) is 11.1. The fourth-order valence-electron chi connectivity index (χ4n) is 3.78. The van der Waals surface area contributed by atoms with E-state index in [9.17, 15) is 4.79 Å². The fraction of sp³-hybridized carbons (Fsp3) is 0.562. The number of hydrogen-bond donors (Lipinski definition) is 1. The van der Waals surface area contributed by atoms with Crippen LogP contribution in [0.4, 0.5) is 0 Å². The summed E-state index contributed by atoms with van der Waals surface area (Å²) < 4.78 is 1.73. The molecule has 0 saturated carbocycles. The Morgan fingerprint density at radius 3 is 2.52 bits per heavy atom. The molecule has 0 atom stereocenters. The average Bonchev–Trinajstić information content (AvgIpc) is 3.15. The molecule has 122 valence electrons. The molecule has 2 aromatic heterocycles. The number of H-pyrrole nitrogens is 1. The summed E-state index contributed by atoms with van der Waals surface area (Å²) in [5, 5.41) is 11.2. The maximum atomic E-state index is 13.1. The summed E-state index contributed by atoms with van der Waals surface area (Å²) >= 11 is 0. The molecular formula is C16H22N6O. The third-order valence-corrected chi connectivity index (χ3v) is 5.40. The van der Waals surface area contributed by atoms with Gasteiger partial charge in [0.1, 0.15) is 0 Å². The highest BCUT2D eigenvalue weighted by Gasteiger charge is 2.49. The van der Waals surface area contributed by atoms with Crippen LogP contribution in [0.15, 0.2) is 18.6 Å². The lowest BCUT2D eigenvalue weighted by Gasteiger charge is -2.56. The fourth-order valence-corrected chi connectivity index (χ4v) is 3.78. The molecule has 0 bridgehead atoms. The number of piperidine rings is 1. The first-order valence-corrected chi connectivity index (χ1v) is 8.12. The summed E-state index contributed by atoms with van der Waals surface area (Å²) in [5.74, 6) is 0.0911. The lowest BCUT2D eigenvalue weighted by atomic mass is 9.76. The highest BCUT2D eigenvalue weighted by atomic mass is 16.2. The molecule has 1 N–H and O–H groups in total. The first-order valence-electron chi connectivity index (χ1n) is 8.12. The van der Waals surface area contributed by atoms with Gasteiger partial charge < -0.3 is 9.80 Å². The van der Waals surface area contributed by atoms with Gasteiger partial charge in [0.15, 0.2) is 0 Å². The molecule has 7 heteroatoms. The Morgan fingerprint density at radius 1 is 1.17 bits per heavy atom. The minimum atomic E-state index is 0.0626. The van der Waals surface area contributed by atoms with Gasteiger partial charge in [0.2, 0.25) is 0 Å². The number of hydrogen-bond acceptors (Lipinski definition) is 4. The van der Waals surface area contributed by atoms with Crippen molar-refractivity contribution < 1.29 is 4.79 Å². The number of carbonyl (C=O) groups is 1. The third-order valence-electron chi connectivity index (χ3n) is 5.40. The second-order valence-electron chi connectivity index (χ2n) is 6.80. The van der Waals surface area contributed by atoms with Crippen molar-refractivity contribution in [1.82, 2.24) is 29.8 Å². The molecule has 2 saturated heterocycles. The van der Waals surface area contributed by atoms with Crippen molar-refractivity contribution in [1.29, 1.82) is 0 Å². The van der Waals surface area contributed by atoms with E-state index >= 15 is 0 Å². The number of nitrogens with zero attached hydrogens (tertiary/aromatic N) is 5. The van der Waals surface area contributed by atoms with Crippen LogP contribution in [-0.4, -0.2) is 67.9 Å². The number of aromatic amines is 1. The number of aryl methyl sites for hydroxylation is 1. The standard InChI is InChI=1S/C16H22N6O/c1-20-6-3-16(4-7-20)5-8-22(16)15(23)13-10-17-19-14(13)12-9-18-21(2)11-12/h9-11H,3-8H2,1-2H3,(H,17,19). The Kier molecular flexibility index (Phi) is 3.26. The molecule has 1 amide bonds. The summed E-state index contributed by atoms with van der Waals surface area (Å²) in [4.78, 5) is 17.5. The molecule has 23 heavy (non-hydrogen) atoms. The molecule has 0 radical (unpaired) electrons. The number of nitrogens with one attached hydrogen (secondary N) is 1. The second-order valence-corrected chi connectivity index (χ2v) is 6.80. The molecule has 4 rings (SSSR count). The molecular weight excluding hydrogens is 292 g/mol. The molecule has 0 unspecified atom stereocenters. The van der Waals surface area contributed by atoms with Crippen LogP contribution >= 0.6 is 0 Å². The van der Waals surface area contributed by atoms with E-state index in [4.69, 9.17) is 0 Å². The molecule has 1 spiro atoms. The topological polar surface area (TPSA) is 70.1 Å². The molecule has 2 aliphatic heterocycles. The van der Waals surface area contributed by atoms with Crippen molar-refractivity contribution in [2.45, 2.75) is 24.8 Å². The van der Waals surface area contributed by atoms with Crippen LogP contribution in [0.1, 0.15) is 29.6 Å². The quantitative estimate of drug-likeness (QED) is 0.902. The van der Waals surface area contributed by atoms with Gasteiger partial charge in [-0.3, -0.25) is 14.6 Å². The number of aromatic nitrogens is 4. The Morgan fingerprint density at radius 2 is 1.91 bits per heavy atom. The van der Waals surface area contributed by atoms with Crippen molar-refractivity contribution >= 4 is 5.91 Å². The van der Waals surface area contributed by atoms with E-state index in [1.54, 1.807) is 17.1 Å². The van der Waals surface area contributed by atoms with Crippen molar-refractivity contribution in [3.63, 3.8) is 0 Å². The number of carbonyl (C=O) groups excluding carboxylic acids is 1. The van der Waals surface area contributed by atoms with Gasteiger partial charge in [0, 0.05) is 44.0 Å². The molecule has 4 heterocycles. The van der Waals surface area contributed by atoms with Crippen LogP contribution in [0.2, 0.25) is 0 Å². The van der Waals surface area contributed by atoms with Crippen LogP contribution in [0, 0.1) is 0 Å². The molecule has 0 aromatic carbocycles. The lowest BCUT2D eigenvalue weighted by molar-refractivity contribution is -0.0349. The third kappa shape index (κ3) is 2.26. The number of rotatable bonds is 2. The number of likely N-dealkylation sites (tertiary alicyclic amines) is 2. The van der Waals surface area contributed by atoms with Gasteiger partial charge in [-0.15, -0.1) is 0 Å². The Labute approximate surface area is 135 Å². The van der Waals surface area contributed by atoms with E-state index in [0.717, 1.165) is 50.2 Å². The van der Waals surface area contributed by atoms with Gasteiger partial charge in [-0.2, -0.15) is 10.2 Å². The molecule has 2 aliphatic rings. The van der Waals surface area contributed by atoms with Gasteiger partial charge in [-0.1, -0.05) is 0 Å². The van der Waals surface area contributed by atoms with Crippen LogP contribution in [0.25, 0.3) is 11.3 Å². The largest absolute Gasteiger partial charge is 0.333 e. The lowest BCUT2D eigenvalue weighted by Crippen LogP contribution is -2.65. The van der Waals surface area contributed by atoms with Gasteiger partial charge in [-0.25, -0.2) is 0 Å². The predicted octanol–water partition coefficient (Wildman–Crippen LogP) is 1.12. The number of amides is 1. The van der Waals surface area contributed by atoms with Gasteiger partial charge in [-0.05, 0) is 26.3 Å². The van der Waals surface area contributed by atoms with E-state index in [-0.39, 0.29) is 11.4 Å². The predicted molar refractivity (Wildman–Crippen MR) is 85.9 cm³/mol. The first kappa shape index (κ1) is 14.4. The Hall–Kier alpha value is -2.15. The summed E-state index contributed by atoms with van der Waals surface area (Å²) in [6.45, 7) is 2.97. The summed E-state index contributed by atoms with van der Waals surface area (Å²) in [5.41, 5.74) is 2.37. The summed E-state index contributed by atoms with van der Waals surface area (Å²) in [6, 6.07) is 0. The monoisotopic (exact) mass is 314 g/mol. The van der Waals surface area contributed by atoms with Crippen LogP contribution < -0.4 is 0 Å². The van der Waals surface area contributed by atoms with E-state index in [1.165, 1.54) is 0 Å². The molecule has 7 nitrogen and oxygen atoms in total. The minimum absolute atomic E-state index is 0.0626. The van der Waals surface area contributed by atoms with Crippen molar-refractivity contribution in [3.8, 4) is 11.3 Å². The van der Waals surface area contributed by atoms with E-state index in [2.05, 4.69) is 32.1 Å². The average molecular weight is 314 g/mol. The van der Waals surface area contributed by atoms with Crippen molar-refractivity contribution in [3.05, 3.63) is 24.2 Å². The van der Waals surface area contributed by atoms with Crippen LogP contribution in [0.3, 0.4) is 0 Å². The molecule has 2 aromatic rings. The van der Waals surface area contributed by atoms with E-state index in [0.29, 0.717) is 5.56 Å². The van der Waals surface area contributed by atoms with Gasteiger partial charge >= 0.3 is 0 Å². The summed E-state index contributed by atoms with van der Waals surface area (Å²) in [6.07, 6.45) is 8.54. The van der Waals surface area contributed by atoms with Gasteiger partial charge in [0.05, 0.1) is 23.7 Å². The van der Waals surface area contributed by atoms with Gasteiger partial charge in [0.25, 0.3) is 5.91 Å². The highest BCUT2D eigenvalue weighted by molar-refractivity contribution is 6.00. The second kappa shape index (κ2) is 5.19. The maximum Gasteiger partial charge on any atom is 0.258 e. The SMILES string of the molecule is CN1CCC2(CC1)CCN2C(=O)c1cn[nH]c1-c1cnn(C)c1. The van der Waals surface area contributed by atoms with E-state index < -0.39 is 0 Å². The maximum absolute atomic E-state index is 13.1. The normalized spacial score (nSPS) is 20.7. The highest BCUT2D eigenvalue weighted by Crippen LogP contribution is 2.41. The van der Waals surface area contributed by atoms with Crippen LogP contribution in [0.5, 0.6) is 0 Å². The van der Waals surface area contributed by atoms with Crippen molar-refractivity contribution in [2.75, 3.05) is 26.7 Å². The Bertz CT molecular complexity index is 725. The minimum Gasteiger partial charge on any atom is -0.333 e. The van der Waals surface area contributed by atoms with E-state index in [1.807, 2.05) is 13.2 Å². The zero-order valence-electron chi connectivity index (χ0n) is 13.6. The zero-order valence-corrected chi connectivity index (χ0v) is 13.6. The Balaban J connectivity index is 1.60. The molecule has 0 aliphatic carbocycles. The zero-order chi connectivity index (χ0) is 16.0. The smallest absolute Gasteiger partial charge is 0.258 e. The molecule has 2 fully saturated rings. The van der Waals surface area contributed by atoms with Crippen molar-refractivity contribution in [2.24, 2.45) is 7.05 Å². The van der Waals surface area contributed by atoms with Crippen LogP contribution in [-0.2, 0) is 7.05 Å².